The Balaban J connectivity index is 0.00000121. The third-order valence-corrected chi connectivity index (χ3v) is 2.49. The van der Waals surface area contributed by atoms with Crippen molar-refractivity contribution in [3.05, 3.63) is 0 Å². The van der Waals surface area contributed by atoms with Crippen LogP contribution >= 0.6 is 0 Å². The summed E-state index contributed by atoms with van der Waals surface area (Å²) in [4.78, 5) is 10.2. The fourth-order valence-electron chi connectivity index (χ4n) is 1.80. The van der Waals surface area contributed by atoms with Crippen LogP contribution in [-0.4, -0.2) is 11.1 Å². The van der Waals surface area contributed by atoms with Crippen LogP contribution in [0.25, 0.3) is 0 Å². The Kier molecular flexibility index (Phi) is 6.49. The second-order valence-corrected chi connectivity index (χ2v) is 3.44. The van der Waals surface area contributed by atoms with Crippen molar-refractivity contribution in [1.82, 2.24) is 0 Å². The molecule has 1 rings (SSSR count). The molecule has 0 saturated heterocycles. The molecular weight excluding hydrogens is 204 g/mol. The molecule has 0 atom stereocenters. The van der Waals surface area contributed by atoms with E-state index in [1.54, 1.807) is 0 Å². The Morgan fingerprint density at radius 2 is 1.83 bits per heavy atom. The fraction of sp³-hybridized carbons (Fsp3) is 0.889. The molecule has 0 heterocycles. The number of rotatable bonds is 3. The van der Waals surface area contributed by atoms with Crippen LogP contribution in [-0.2, 0) is 21.9 Å². The Morgan fingerprint density at radius 3 is 2.33 bits per heavy atom. The van der Waals surface area contributed by atoms with E-state index in [1.807, 2.05) is 0 Å². The maximum absolute atomic E-state index is 10.2. The van der Waals surface area contributed by atoms with E-state index in [0.29, 0.717) is 12.3 Å². The molecule has 1 aliphatic rings. The summed E-state index contributed by atoms with van der Waals surface area (Å²) in [6.45, 7) is 0. The van der Waals surface area contributed by atoms with E-state index < -0.39 is 5.97 Å². The van der Waals surface area contributed by atoms with Gasteiger partial charge in [-0.2, -0.15) is 0 Å². The van der Waals surface area contributed by atoms with Gasteiger partial charge < -0.3 is 5.11 Å². The summed E-state index contributed by atoms with van der Waals surface area (Å²) in [7, 11) is 0. The van der Waals surface area contributed by atoms with Crippen LogP contribution < -0.4 is 0 Å². The van der Waals surface area contributed by atoms with Gasteiger partial charge in [-0.25, -0.2) is 0 Å². The number of carboxylic acid groups (broad SMARTS) is 1. The normalized spacial score (nSPS) is 18.3. The third-order valence-electron chi connectivity index (χ3n) is 2.49. The first kappa shape index (κ1) is 12.0. The molecule has 2 nitrogen and oxygen atoms in total. The average molecular weight is 220 g/mol. The third kappa shape index (κ3) is 4.78. The minimum atomic E-state index is -0.643. The van der Waals surface area contributed by atoms with Crippen molar-refractivity contribution in [2.24, 2.45) is 5.92 Å². The van der Waals surface area contributed by atoms with Gasteiger partial charge in [-0.15, -0.1) is 0 Å². The zero-order valence-electron chi connectivity index (χ0n) is 7.18. The molecule has 1 saturated carbocycles. The maximum atomic E-state index is 10.2. The number of carboxylic acids is 1. The van der Waals surface area contributed by atoms with Crippen LogP contribution in [0.2, 0.25) is 0 Å². The predicted octanol–water partition coefficient (Wildman–Crippen LogP) is 2.43. The standard InChI is InChI=1S/C9H16O2.Cu/c10-9(11)7-6-8-4-2-1-3-5-8;/h8H,1-7H2,(H,10,11);/q;+2. The van der Waals surface area contributed by atoms with Crippen molar-refractivity contribution in [2.45, 2.75) is 44.9 Å². The molecule has 0 aromatic carbocycles. The number of aliphatic carboxylic acids is 1. The molecule has 1 fully saturated rings. The van der Waals surface area contributed by atoms with Gasteiger partial charge in [-0.1, -0.05) is 32.1 Å². The molecule has 73 valence electrons. The molecule has 0 aromatic rings. The molecule has 0 bridgehead atoms. The van der Waals surface area contributed by atoms with Crippen LogP contribution in [0.1, 0.15) is 44.9 Å². The second kappa shape index (κ2) is 6.50. The van der Waals surface area contributed by atoms with Crippen molar-refractivity contribution in [3.8, 4) is 0 Å². The summed E-state index contributed by atoms with van der Waals surface area (Å²) in [6, 6.07) is 0. The monoisotopic (exact) mass is 219 g/mol. The van der Waals surface area contributed by atoms with E-state index in [2.05, 4.69) is 0 Å². The summed E-state index contributed by atoms with van der Waals surface area (Å²) < 4.78 is 0. The molecule has 12 heavy (non-hydrogen) atoms. The van der Waals surface area contributed by atoms with Crippen molar-refractivity contribution < 1.29 is 27.0 Å². The van der Waals surface area contributed by atoms with Gasteiger partial charge in [0.25, 0.3) is 0 Å². The number of hydrogen-bond donors (Lipinski definition) is 1. The Labute approximate surface area is 84.2 Å². The summed E-state index contributed by atoms with van der Waals surface area (Å²) in [5, 5.41) is 8.44. The van der Waals surface area contributed by atoms with E-state index in [0.717, 1.165) is 6.42 Å². The Bertz CT molecular complexity index is 130. The van der Waals surface area contributed by atoms with Crippen molar-refractivity contribution in [2.75, 3.05) is 0 Å². The van der Waals surface area contributed by atoms with E-state index >= 15 is 0 Å². The molecule has 1 N–H and O–H groups in total. The average Bonchev–Trinajstić information content (AvgIpc) is 2.03. The van der Waals surface area contributed by atoms with Crippen LogP contribution in [0.4, 0.5) is 0 Å². The van der Waals surface area contributed by atoms with E-state index in [1.165, 1.54) is 32.1 Å². The quantitative estimate of drug-likeness (QED) is 0.741. The first-order valence-electron chi connectivity index (χ1n) is 4.51. The predicted molar refractivity (Wildman–Crippen MR) is 43.4 cm³/mol. The van der Waals surface area contributed by atoms with E-state index in [9.17, 15) is 4.79 Å². The minimum absolute atomic E-state index is 0. The molecule has 0 aliphatic heterocycles. The zero-order valence-corrected chi connectivity index (χ0v) is 8.13. The molecule has 0 aromatic heterocycles. The van der Waals surface area contributed by atoms with E-state index in [-0.39, 0.29) is 17.1 Å². The summed E-state index contributed by atoms with van der Waals surface area (Å²) >= 11 is 0. The van der Waals surface area contributed by atoms with Crippen LogP contribution in [0.3, 0.4) is 0 Å². The van der Waals surface area contributed by atoms with Gasteiger partial charge in [0, 0.05) is 6.42 Å². The van der Waals surface area contributed by atoms with Gasteiger partial charge in [0.05, 0.1) is 0 Å². The van der Waals surface area contributed by atoms with Crippen LogP contribution in [0.15, 0.2) is 0 Å². The Hall–Kier alpha value is -0.0105. The van der Waals surface area contributed by atoms with Crippen LogP contribution in [0.5, 0.6) is 0 Å². The zero-order chi connectivity index (χ0) is 8.10. The van der Waals surface area contributed by atoms with Crippen LogP contribution in [0, 0.1) is 5.92 Å². The molecular formula is C9H16CuO2+2. The number of carbonyl (C=O) groups is 1. The van der Waals surface area contributed by atoms with Crippen molar-refractivity contribution >= 4 is 5.97 Å². The molecule has 3 heteroatoms. The van der Waals surface area contributed by atoms with Gasteiger partial charge in [0.15, 0.2) is 0 Å². The van der Waals surface area contributed by atoms with Crippen molar-refractivity contribution in [3.63, 3.8) is 0 Å². The Morgan fingerprint density at radius 1 is 1.25 bits per heavy atom. The largest absolute Gasteiger partial charge is 2.00 e. The maximum Gasteiger partial charge on any atom is 2.00 e. The number of hydrogen-bond acceptors (Lipinski definition) is 1. The molecule has 1 aliphatic carbocycles. The van der Waals surface area contributed by atoms with E-state index in [4.69, 9.17) is 5.11 Å². The fourth-order valence-corrected chi connectivity index (χ4v) is 1.80. The van der Waals surface area contributed by atoms with Gasteiger partial charge in [0.2, 0.25) is 0 Å². The molecule has 0 amide bonds. The SMILES string of the molecule is O=C(O)CCC1CCCCC1.[Cu+2]. The molecule has 1 radical (unpaired) electrons. The summed E-state index contributed by atoms with van der Waals surface area (Å²) in [5.74, 6) is 0.0652. The van der Waals surface area contributed by atoms with Gasteiger partial charge in [-0.3, -0.25) is 4.79 Å². The van der Waals surface area contributed by atoms with Gasteiger partial charge >= 0.3 is 23.0 Å². The second-order valence-electron chi connectivity index (χ2n) is 3.44. The molecule has 0 spiro atoms. The first-order valence-corrected chi connectivity index (χ1v) is 4.51. The smallest absolute Gasteiger partial charge is 0.481 e. The minimum Gasteiger partial charge on any atom is -0.481 e. The summed E-state index contributed by atoms with van der Waals surface area (Å²) in [6.07, 6.45) is 7.75. The van der Waals surface area contributed by atoms with Gasteiger partial charge in [0.1, 0.15) is 0 Å². The van der Waals surface area contributed by atoms with Crippen molar-refractivity contribution in [1.29, 1.82) is 0 Å². The van der Waals surface area contributed by atoms with Gasteiger partial charge in [-0.05, 0) is 12.3 Å². The molecule has 0 unspecified atom stereocenters. The summed E-state index contributed by atoms with van der Waals surface area (Å²) in [5.41, 5.74) is 0. The first-order chi connectivity index (χ1) is 5.29. The topological polar surface area (TPSA) is 37.3 Å².